The van der Waals surface area contributed by atoms with Crippen molar-refractivity contribution < 1.29 is 0 Å². The topological polar surface area (TPSA) is 17.8 Å². The molecule has 2 aromatic rings. The number of hydrogen-bond donors (Lipinski definition) is 0. The molecule has 0 saturated carbocycles. The number of nitrogens with zero attached hydrogens (tertiary/aromatic N) is 2. The molecule has 0 N–H and O–H groups in total. The number of halogens is 2. The van der Waals surface area contributed by atoms with E-state index in [2.05, 4.69) is 30.3 Å². The lowest BCUT2D eigenvalue weighted by Gasteiger charge is -2.27. The van der Waals surface area contributed by atoms with Gasteiger partial charge in [0, 0.05) is 10.6 Å². The molecule has 0 fully saturated rings. The van der Waals surface area contributed by atoms with Gasteiger partial charge in [-0.1, -0.05) is 18.5 Å². The highest BCUT2D eigenvalue weighted by atomic mass is 35.5. The van der Waals surface area contributed by atoms with E-state index in [1.54, 1.807) is 0 Å². The fourth-order valence-corrected chi connectivity index (χ4v) is 2.37. The molecule has 0 aliphatic rings. The first-order valence-corrected chi connectivity index (χ1v) is 6.64. The molecule has 4 heteroatoms. The minimum atomic E-state index is -0.0103. The molecule has 0 radical (unpaired) electrons. The molecule has 0 amide bonds. The number of rotatable bonds is 3. The zero-order valence-corrected chi connectivity index (χ0v) is 11.8. The first kappa shape index (κ1) is 12.7. The summed E-state index contributed by atoms with van der Waals surface area (Å²) >= 11 is 12.1. The van der Waals surface area contributed by atoms with Crippen molar-refractivity contribution in [2.24, 2.45) is 0 Å². The Labute approximate surface area is 112 Å². The van der Waals surface area contributed by atoms with Crippen molar-refractivity contribution in [2.45, 2.75) is 38.6 Å². The summed E-state index contributed by atoms with van der Waals surface area (Å²) in [4.78, 5) is 4.56. The Hall–Kier alpha value is -0.730. The van der Waals surface area contributed by atoms with Gasteiger partial charge >= 0.3 is 0 Å². The first-order valence-electron chi connectivity index (χ1n) is 5.73. The number of benzene rings is 1. The average molecular weight is 271 g/mol. The average Bonchev–Trinajstić information content (AvgIpc) is 2.67. The molecule has 0 saturated heterocycles. The minimum absolute atomic E-state index is 0.0103. The zero-order valence-electron chi connectivity index (χ0n) is 10.3. The highest BCUT2D eigenvalue weighted by Gasteiger charge is 2.23. The molecule has 0 bridgehead atoms. The second kappa shape index (κ2) is 4.51. The SMILES string of the molecule is CCC(C)(C)n1c(CCl)nc2ccc(Cl)cc21. The summed E-state index contributed by atoms with van der Waals surface area (Å²) in [7, 11) is 0. The first-order chi connectivity index (χ1) is 7.99. The van der Waals surface area contributed by atoms with E-state index >= 15 is 0 Å². The third-order valence-electron chi connectivity index (χ3n) is 3.28. The van der Waals surface area contributed by atoms with Crippen molar-refractivity contribution in [3.63, 3.8) is 0 Å². The normalized spacial score (nSPS) is 12.3. The van der Waals surface area contributed by atoms with Crippen LogP contribution in [0.3, 0.4) is 0 Å². The molecule has 92 valence electrons. The lowest BCUT2D eigenvalue weighted by molar-refractivity contribution is 0.344. The van der Waals surface area contributed by atoms with Gasteiger partial charge in [0.1, 0.15) is 5.82 Å². The Bertz CT molecular complexity index is 544. The summed E-state index contributed by atoms with van der Waals surface area (Å²) in [5.41, 5.74) is 2.00. The zero-order chi connectivity index (χ0) is 12.6. The lowest BCUT2D eigenvalue weighted by atomic mass is 10.0. The van der Waals surface area contributed by atoms with Gasteiger partial charge in [-0.25, -0.2) is 4.98 Å². The van der Waals surface area contributed by atoms with Crippen LogP contribution in [0, 0.1) is 0 Å². The van der Waals surface area contributed by atoms with Crippen LogP contribution in [-0.2, 0) is 11.4 Å². The molecule has 1 aromatic heterocycles. The molecule has 1 aromatic carbocycles. The van der Waals surface area contributed by atoms with Gasteiger partial charge in [-0.15, -0.1) is 11.6 Å². The van der Waals surface area contributed by atoms with E-state index in [1.807, 2.05) is 18.2 Å². The summed E-state index contributed by atoms with van der Waals surface area (Å²) in [6.45, 7) is 6.53. The summed E-state index contributed by atoms with van der Waals surface area (Å²) in [6.07, 6.45) is 1.01. The highest BCUT2D eigenvalue weighted by molar-refractivity contribution is 6.31. The van der Waals surface area contributed by atoms with Crippen LogP contribution in [-0.4, -0.2) is 9.55 Å². The standard InChI is InChI=1S/C13H16Cl2N2/c1-4-13(2,3)17-11-7-9(15)5-6-10(11)16-12(17)8-14/h5-7H,4,8H2,1-3H3. The van der Waals surface area contributed by atoms with Crippen LogP contribution in [0.4, 0.5) is 0 Å². The maximum atomic E-state index is 6.06. The lowest BCUT2D eigenvalue weighted by Crippen LogP contribution is -2.26. The summed E-state index contributed by atoms with van der Waals surface area (Å²) in [5, 5.41) is 0.728. The Morgan fingerprint density at radius 1 is 1.35 bits per heavy atom. The van der Waals surface area contributed by atoms with Gasteiger partial charge in [0.25, 0.3) is 0 Å². The molecular formula is C13H16Cl2N2. The molecule has 0 unspecified atom stereocenters. The van der Waals surface area contributed by atoms with E-state index in [0.717, 1.165) is 28.3 Å². The molecule has 0 spiro atoms. The Kier molecular flexibility index (Phi) is 3.37. The molecule has 0 aliphatic carbocycles. The maximum absolute atomic E-state index is 6.06. The van der Waals surface area contributed by atoms with Crippen LogP contribution < -0.4 is 0 Å². The Balaban J connectivity index is 2.77. The van der Waals surface area contributed by atoms with E-state index < -0.39 is 0 Å². The second-order valence-electron chi connectivity index (χ2n) is 4.80. The number of alkyl halides is 1. The highest BCUT2D eigenvalue weighted by Crippen LogP contribution is 2.30. The van der Waals surface area contributed by atoms with Crippen LogP contribution in [0.25, 0.3) is 11.0 Å². The van der Waals surface area contributed by atoms with Gasteiger partial charge in [-0.3, -0.25) is 0 Å². The molecule has 2 nitrogen and oxygen atoms in total. The molecular weight excluding hydrogens is 255 g/mol. The van der Waals surface area contributed by atoms with E-state index in [9.17, 15) is 0 Å². The van der Waals surface area contributed by atoms with Crippen LogP contribution in [0.5, 0.6) is 0 Å². The summed E-state index contributed by atoms with van der Waals surface area (Å²) < 4.78 is 2.20. The van der Waals surface area contributed by atoms with E-state index in [-0.39, 0.29) is 5.54 Å². The summed E-state index contributed by atoms with van der Waals surface area (Å²) in [6, 6.07) is 5.76. The van der Waals surface area contributed by atoms with E-state index in [1.165, 1.54) is 0 Å². The number of imidazole rings is 1. The van der Waals surface area contributed by atoms with Gasteiger partial charge in [-0.2, -0.15) is 0 Å². The van der Waals surface area contributed by atoms with Gasteiger partial charge in [0.05, 0.1) is 16.9 Å². The quantitative estimate of drug-likeness (QED) is 0.747. The van der Waals surface area contributed by atoms with Crippen molar-refractivity contribution in [3.8, 4) is 0 Å². The summed E-state index contributed by atoms with van der Waals surface area (Å²) in [5.74, 6) is 1.31. The molecule has 0 aliphatic heterocycles. The number of hydrogen-bond acceptors (Lipinski definition) is 1. The van der Waals surface area contributed by atoms with Crippen LogP contribution >= 0.6 is 23.2 Å². The molecule has 0 atom stereocenters. The van der Waals surface area contributed by atoms with Gasteiger partial charge in [0.15, 0.2) is 0 Å². The monoisotopic (exact) mass is 270 g/mol. The van der Waals surface area contributed by atoms with Crippen molar-refractivity contribution in [1.29, 1.82) is 0 Å². The minimum Gasteiger partial charge on any atom is -0.321 e. The second-order valence-corrected chi connectivity index (χ2v) is 5.50. The fourth-order valence-electron chi connectivity index (χ4n) is 2.02. The number of fused-ring (bicyclic) bond motifs is 1. The van der Waals surface area contributed by atoms with Crippen molar-refractivity contribution in [1.82, 2.24) is 9.55 Å². The maximum Gasteiger partial charge on any atom is 0.125 e. The van der Waals surface area contributed by atoms with Crippen LogP contribution in [0.15, 0.2) is 18.2 Å². The molecule has 17 heavy (non-hydrogen) atoms. The van der Waals surface area contributed by atoms with Gasteiger partial charge in [0.2, 0.25) is 0 Å². The van der Waals surface area contributed by atoms with Crippen molar-refractivity contribution in [3.05, 3.63) is 29.0 Å². The smallest absolute Gasteiger partial charge is 0.125 e. The van der Waals surface area contributed by atoms with Crippen LogP contribution in [0.2, 0.25) is 5.02 Å². The molecule has 1 heterocycles. The van der Waals surface area contributed by atoms with E-state index in [0.29, 0.717) is 5.88 Å². The van der Waals surface area contributed by atoms with Crippen molar-refractivity contribution >= 4 is 34.2 Å². The molecule has 2 rings (SSSR count). The Morgan fingerprint density at radius 3 is 2.65 bits per heavy atom. The third-order valence-corrected chi connectivity index (χ3v) is 3.75. The third kappa shape index (κ3) is 2.16. The largest absolute Gasteiger partial charge is 0.321 e. The fraction of sp³-hybridized carbons (Fsp3) is 0.462. The van der Waals surface area contributed by atoms with E-state index in [4.69, 9.17) is 23.2 Å². The number of aromatic nitrogens is 2. The van der Waals surface area contributed by atoms with Crippen molar-refractivity contribution in [2.75, 3.05) is 0 Å². The Morgan fingerprint density at radius 2 is 2.06 bits per heavy atom. The van der Waals surface area contributed by atoms with Crippen LogP contribution in [0.1, 0.15) is 33.0 Å². The van der Waals surface area contributed by atoms with Gasteiger partial charge < -0.3 is 4.57 Å². The predicted octanol–water partition coefficient (Wildman–Crippen LogP) is 4.57. The van der Waals surface area contributed by atoms with Gasteiger partial charge in [-0.05, 0) is 38.5 Å². The predicted molar refractivity (Wildman–Crippen MR) is 73.9 cm³/mol.